The molecule has 1 unspecified atom stereocenters. The van der Waals surface area contributed by atoms with Gasteiger partial charge in [0.05, 0.1) is 5.29 Å². The maximum Gasteiger partial charge on any atom is 0.0521 e. The summed E-state index contributed by atoms with van der Waals surface area (Å²) in [5.74, 6) is 1.36. The summed E-state index contributed by atoms with van der Waals surface area (Å²) in [7, 11) is 1.71. The molecule has 3 nitrogen and oxygen atoms in total. The van der Waals surface area contributed by atoms with Gasteiger partial charge in [0.15, 0.2) is 0 Å². The van der Waals surface area contributed by atoms with Crippen molar-refractivity contribution < 1.29 is 0 Å². The molecule has 0 bridgehead atoms. The van der Waals surface area contributed by atoms with Crippen LogP contribution in [0.25, 0.3) is 0 Å². The molecule has 1 atom stereocenters. The Kier molecular flexibility index (Phi) is 4.83. The van der Waals surface area contributed by atoms with E-state index in [-0.39, 0.29) is 0 Å². The normalized spacial score (nSPS) is 13.2. The lowest BCUT2D eigenvalue weighted by atomic mass is 9.95. The van der Waals surface area contributed by atoms with E-state index in [9.17, 15) is 4.91 Å². The minimum atomic E-state index is 0.666. The van der Waals surface area contributed by atoms with Crippen molar-refractivity contribution in [3.05, 3.63) is 4.91 Å². The summed E-state index contributed by atoms with van der Waals surface area (Å²) in [5, 5.41) is 4.25. The quantitative estimate of drug-likeness (QED) is 0.454. The van der Waals surface area contributed by atoms with E-state index in [0.29, 0.717) is 11.8 Å². The Bertz CT molecular complexity index is 115. The molecule has 0 aliphatic rings. The third-order valence-corrected chi connectivity index (χ3v) is 2.19. The molecule has 0 rings (SSSR count). The zero-order valence-electron chi connectivity index (χ0n) is 7.87. The monoisotopic (exact) mass is 158 g/mol. The van der Waals surface area contributed by atoms with Crippen molar-refractivity contribution in [2.45, 2.75) is 27.2 Å². The van der Waals surface area contributed by atoms with Crippen LogP contribution in [-0.2, 0) is 0 Å². The van der Waals surface area contributed by atoms with Gasteiger partial charge in [0.1, 0.15) is 0 Å². The van der Waals surface area contributed by atoms with Crippen LogP contribution in [0.15, 0.2) is 5.29 Å². The van der Waals surface area contributed by atoms with E-state index in [1.807, 2.05) is 0 Å². The van der Waals surface area contributed by atoms with Gasteiger partial charge in [0.2, 0.25) is 0 Å². The molecule has 0 radical (unpaired) electrons. The Morgan fingerprint density at radius 1 is 1.36 bits per heavy atom. The van der Waals surface area contributed by atoms with Gasteiger partial charge < -0.3 is 0 Å². The molecule has 0 aromatic carbocycles. The Balaban J connectivity index is 3.45. The highest BCUT2D eigenvalue weighted by Gasteiger charge is 2.07. The average Bonchev–Trinajstić information content (AvgIpc) is 1.99. The highest BCUT2D eigenvalue weighted by molar-refractivity contribution is 4.58. The van der Waals surface area contributed by atoms with Crippen molar-refractivity contribution >= 4 is 0 Å². The first-order chi connectivity index (χ1) is 5.07. The Morgan fingerprint density at radius 2 is 1.91 bits per heavy atom. The van der Waals surface area contributed by atoms with Gasteiger partial charge in [-0.1, -0.05) is 20.8 Å². The average molecular weight is 158 g/mol. The molecule has 66 valence electrons. The zero-order valence-corrected chi connectivity index (χ0v) is 7.87. The molecule has 0 aromatic rings. The first-order valence-corrected chi connectivity index (χ1v) is 4.12. The third kappa shape index (κ3) is 4.76. The first-order valence-electron chi connectivity index (χ1n) is 4.12. The molecule has 0 N–H and O–H groups in total. The zero-order chi connectivity index (χ0) is 8.85. The summed E-state index contributed by atoms with van der Waals surface area (Å²) in [6.07, 6.45) is 1.04. The smallest absolute Gasteiger partial charge is 0.0521 e. The summed E-state index contributed by atoms with van der Waals surface area (Å²) < 4.78 is 0. The van der Waals surface area contributed by atoms with Crippen molar-refractivity contribution in [2.75, 3.05) is 13.6 Å². The number of nitrogens with zero attached hydrogens (tertiary/aromatic N) is 2. The van der Waals surface area contributed by atoms with Crippen molar-refractivity contribution in [2.24, 2.45) is 17.1 Å². The van der Waals surface area contributed by atoms with E-state index in [0.717, 1.165) is 13.0 Å². The van der Waals surface area contributed by atoms with E-state index in [1.54, 1.807) is 7.05 Å². The van der Waals surface area contributed by atoms with Crippen LogP contribution in [0, 0.1) is 16.7 Å². The maximum absolute atomic E-state index is 9.96. The number of hydrogen-bond donors (Lipinski definition) is 0. The largest absolute Gasteiger partial charge is 0.264 e. The molecule has 0 saturated heterocycles. The predicted molar refractivity (Wildman–Crippen MR) is 47.0 cm³/mol. The number of hydrogen-bond acceptors (Lipinski definition) is 2. The van der Waals surface area contributed by atoms with Crippen LogP contribution >= 0.6 is 0 Å². The predicted octanol–water partition coefficient (Wildman–Crippen LogP) is 2.28. The van der Waals surface area contributed by atoms with E-state index in [4.69, 9.17) is 0 Å². The van der Waals surface area contributed by atoms with E-state index < -0.39 is 0 Å². The van der Waals surface area contributed by atoms with Crippen LogP contribution in [-0.4, -0.2) is 18.6 Å². The lowest BCUT2D eigenvalue weighted by Crippen LogP contribution is -2.16. The first kappa shape index (κ1) is 10.4. The summed E-state index contributed by atoms with van der Waals surface area (Å²) in [4.78, 5) is 9.96. The number of rotatable bonds is 5. The minimum absolute atomic E-state index is 0.666. The van der Waals surface area contributed by atoms with Crippen LogP contribution < -0.4 is 0 Å². The van der Waals surface area contributed by atoms with Crippen molar-refractivity contribution in [3.8, 4) is 0 Å². The summed E-state index contributed by atoms with van der Waals surface area (Å²) >= 11 is 0. The van der Waals surface area contributed by atoms with Crippen LogP contribution in [0.1, 0.15) is 27.2 Å². The van der Waals surface area contributed by atoms with E-state index in [1.165, 1.54) is 5.01 Å². The van der Waals surface area contributed by atoms with Crippen LogP contribution in [0.4, 0.5) is 0 Å². The second-order valence-corrected chi connectivity index (χ2v) is 3.47. The molecule has 0 saturated carbocycles. The standard InChI is InChI=1S/C8H18N2O/c1-7(2)8(3)5-6-10(4)9-11/h7-8H,5-6H2,1-4H3. The maximum atomic E-state index is 9.96. The molecule has 0 aromatic heterocycles. The molecule has 0 heterocycles. The molecule has 0 amide bonds. The summed E-state index contributed by atoms with van der Waals surface area (Å²) in [5.41, 5.74) is 0. The van der Waals surface area contributed by atoms with Gasteiger partial charge in [-0.25, -0.2) is 0 Å². The lowest BCUT2D eigenvalue weighted by Gasteiger charge is -2.16. The van der Waals surface area contributed by atoms with Crippen molar-refractivity contribution in [1.29, 1.82) is 0 Å². The molecule has 11 heavy (non-hydrogen) atoms. The summed E-state index contributed by atoms with van der Waals surface area (Å²) in [6, 6.07) is 0. The second-order valence-electron chi connectivity index (χ2n) is 3.47. The van der Waals surface area contributed by atoms with Gasteiger partial charge in [-0.2, -0.15) is 0 Å². The van der Waals surface area contributed by atoms with E-state index >= 15 is 0 Å². The Morgan fingerprint density at radius 3 is 2.27 bits per heavy atom. The molecule has 0 aliphatic carbocycles. The van der Waals surface area contributed by atoms with E-state index in [2.05, 4.69) is 26.1 Å². The molecular formula is C8H18N2O. The van der Waals surface area contributed by atoms with Crippen molar-refractivity contribution in [3.63, 3.8) is 0 Å². The van der Waals surface area contributed by atoms with Crippen molar-refractivity contribution in [1.82, 2.24) is 5.01 Å². The number of nitroso groups, excluding NO2 is 1. The van der Waals surface area contributed by atoms with Crippen LogP contribution in [0.5, 0.6) is 0 Å². The molecule has 0 fully saturated rings. The molecule has 3 heteroatoms. The topological polar surface area (TPSA) is 32.7 Å². The third-order valence-electron chi connectivity index (χ3n) is 2.19. The second kappa shape index (κ2) is 5.10. The minimum Gasteiger partial charge on any atom is -0.264 e. The molecule has 0 aliphatic heterocycles. The summed E-state index contributed by atoms with van der Waals surface area (Å²) in [6.45, 7) is 7.35. The van der Waals surface area contributed by atoms with Crippen LogP contribution in [0.2, 0.25) is 0 Å². The lowest BCUT2D eigenvalue weighted by molar-refractivity contribution is 0.287. The SMILES string of the molecule is CC(C)C(C)CCN(C)N=O. The van der Waals surface area contributed by atoms with Gasteiger partial charge in [-0.15, -0.1) is 4.91 Å². The van der Waals surface area contributed by atoms with Crippen LogP contribution in [0.3, 0.4) is 0 Å². The fourth-order valence-electron chi connectivity index (χ4n) is 0.765. The van der Waals surface area contributed by atoms with Gasteiger partial charge in [0, 0.05) is 13.6 Å². The fourth-order valence-corrected chi connectivity index (χ4v) is 0.765. The Hall–Kier alpha value is -0.600. The highest BCUT2D eigenvalue weighted by atomic mass is 16.3. The highest BCUT2D eigenvalue weighted by Crippen LogP contribution is 2.13. The van der Waals surface area contributed by atoms with Gasteiger partial charge >= 0.3 is 0 Å². The fraction of sp³-hybridized carbons (Fsp3) is 1.00. The Labute approximate surface area is 68.7 Å². The van der Waals surface area contributed by atoms with Gasteiger partial charge in [-0.05, 0) is 18.3 Å². The molecule has 0 spiro atoms. The molecular weight excluding hydrogens is 140 g/mol. The van der Waals surface area contributed by atoms with Gasteiger partial charge in [0.25, 0.3) is 0 Å². The van der Waals surface area contributed by atoms with Gasteiger partial charge in [-0.3, -0.25) is 5.01 Å².